The van der Waals surface area contributed by atoms with Crippen LogP contribution in [0.3, 0.4) is 0 Å². The van der Waals surface area contributed by atoms with E-state index in [4.69, 9.17) is 11.0 Å². The van der Waals surface area contributed by atoms with Gasteiger partial charge in [-0.2, -0.15) is 18.4 Å². The van der Waals surface area contributed by atoms with Crippen molar-refractivity contribution in [1.82, 2.24) is 0 Å². The third-order valence-electron chi connectivity index (χ3n) is 2.84. The second-order valence-corrected chi connectivity index (χ2v) is 4.56. The average molecular weight is 313 g/mol. The normalized spacial score (nSPS) is 12.3. The molecule has 0 bridgehead atoms. The summed E-state index contributed by atoms with van der Waals surface area (Å²) in [5.41, 5.74) is 3.19. The first kappa shape index (κ1) is 17.5. The molecular formula is C14H14F3N3O2. The molecule has 0 aliphatic carbocycles. The molecule has 3 N–H and O–H groups in total. The highest BCUT2D eigenvalue weighted by Crippen LogP contribution is 2.36. The van der Waals surface area contributed by atoms with Crippen LogP contribution in [0.15, 0.2) is 18.2 Å². The number of benzene rings is 1. The van der Waals surface area contributed by atoms with Crippen LogP contribution >= 0.6 is 0 Å². The maximum absolute atomic E-state index is 13.1. The molecule has 1 atom stereocenters. The summed E-state index contributed by atoms with van der Waals surface area (Å²) in [6.07, 6.45) is -4.06. The van der Waals surface area contributed by atoms with Crippen molar-refractivity contribution in [2.75, 3.05) is 5.32 Å². The van der Waals surface area contributed by atoms with Gasteiger partial charge in [0.2, 0.25) is 11.8 Å². The molecule has 1 unspecified atom stereocenters. The monoisotopic (exact) mass is 313 g/mol. The molecule has 0 radical (unpaired) electrons. The van der Waals surface area contributed by atoms with Gasteiger partial charge in [0.05, 0.1) is 11.6 Å². The van der Waals surface area contributed by atoms with Gasteiger partial charge in [0.25, 0.3) is 0 Å². The fourth-order valence-corrected chi connectivity index (χ4v) is 1.87. The third kappa shape index (κ3) is 4.22. The molecule has 0 saturated carbocycles. The van der Waals surface area contributed by atoms with Gasteiger partial charge in [-0.1, -0.05) is 13.0 Å². The molecule has 0 saturated heterocycles. The standard InChI is InChI=1S/C14H14F3N3O2/c1-2-3-12(21)20-8-4-5-9(10(7-18)13(19)22)11(6-8)14(15,16)17/h4-6,10H,2-3H2,1H3,(H2,19,22)(H,20,21). The van der Waals surface area contributed by atoms with Gasteiger partial charge in [0.15, 0.2) is 5.92 Å². The first-order chi connectivity index (χ1) is 10.2. The van der Waals surface area contributed by atoms with Crippen LogP contribution in [0.4, 0.5) is 18.9 Å². The van der Waals surface area contributed by atoms with E-state index in [-0.39, 0.29) is 12.1 Å². The van der Waals surface area contributed by atoms with Crippen molar-refractivity contribution >= 4 is 17.5 Å². The Labute approximate surface area is 124 Å². The summed E-state index contributed by atoms with van der Waals surface area (Å²) in [5, 5.41) is 11.2. The van der Waals surface area contributed by atoms with Gasteiger partial charge in [-0.3, -0.25) is 9.59 Å². The number of carbonyl (C=O) groups is 2. The predicted molar refractivity (Wildman–Crippen MR) is 72.5 cm³/mol. The number of alkyl halides is 3. The van der Waals surface area contributed by atoms with Crippen LogP contribution in [0, 0.1) is 11.3 Å². The van der Waals surface area contributed by atoms with Gasteiger partial charge in [0.1, 0.15) is 0 Å². The summed E-state index contributed by atoms with van der Waals surface area (Å²) < 4.78 is 39.3. The summed E-state index contributed by atoms with van der Waals surface area (Å²) in [6.45, 7) is 1.76. The van der Waals surface area contributed by atoms with Crippen molar-refractivity contribution in [2.24, 2.45) is 5.73 Å². The minimum absolute atomic E-state index is 0.0596. The molecule has 1 rings (SSSR count). The van der Waals surface area contributed by atoms with E-state index in [9.17, 15) is 22.8 Å². The molecule has 0 aliphatic rings. The molecule has 2 amide bonds. The lowest BCUT2D eigenvalue weighted by molar-refractivity contribution is -0.138. The van der Waals surface area contributed by atoms with Crippen LogP contribution in [-0.4, -0.2) is 11.8 Å². The van der Waals surface area contributed by atoms with Gasteiger partial charge >= 0.3 is 6.18 Å². The van der Waals surface area contributed by atoms with Gasteiger partial charge < -0.3 is 11.1 Å². The molecule has 22 heavy (non-hydrogen) atoms. The number of carbonyl (C=O) groups excluding carboxylic acids is 2. The van der Waals surface area contributed by atoms with Crippen LogP contribution in [-0.2, 0) is 15.8 Å². The highest BCUT2D eigenvalue weighted by Gasteiger charge is 2.37. The van der Waals surface area contributed by atoms with Gasteiger partial charge in [-0.15, -0.1) is 0 Å². The molecule has 0 fully saturated rings. The first-order valence-corrected chi connectivity index (χ1v) is 6.40. The molecule has 0 spiro atoms. The van der Waals surface area contributed by atoms with Crippen molar-refractivity contribution in [3.05, 3.63) is 29.3 Å². The van der Waals surface area contributed by atoms with E-state index in [2.05, 4.69) is 5.32 Å². The Hall–Kier alpha value is -2.56. The van der Waals surface area contributed by atoms with E-state index >= 15 is 0 Å². The van der Waals surface area contributed by atoms with Gasteiger partial charge in [-0.05, 0) is 24.1 Å². The van der Waals surface area contributed by atoms with E-state index in [1.165, 1.54) is 12.1 Å². The summed E-state index contributed by atoms with van der Waals surface area (Å²) >= 11 is 0. The zero-order valence-corrected chi connectivity index (χ0v) is 11.7. The molecule has 1 aromatic rings. The maximum atomic E-state index is 13.1. The number of primary amides is 1. The van der Waals surface area contributed by atoms with Crippen LogP contribution in [0.25, 0.3) is 0 Å². The number of rotatable bonds is 5. The van der Waals surface area contributed by atoms with E-state index in [0.717, 1.165) is 6.07 Å². The number of amides is 2. The Morgan fingerprint density at radius 3 is 2.50 bits per heavy atom. The molecule has 1 aromatic carbocycles. The van der Waals surface area contributed by atoms with Gasteiger partial charge in [-0.25, -0.2) is 0 Å². The van der Waals surface area contributed by atoms with Crippen LogP contribution < -0.4 is 11.1 Å². The topological polar surface area (TPSA) is 96.0 Å². The Morgan fingerprint density at radius 2 is 2.05 bits per heavy atom. The minimum Gasteiger partial charge on any atom is -0.368 e. The summed E-state index contributed by atoms with van der Waals surface area (Å²) in [5.74, 6) is -3.30. The number of nitrogens with one attached hydrogen (secondary N) is 1. The van der Waals surface area contributed by atoms with Gasteiger partial charge in [0, 0.05) is 12.1 Å². The summed E-state index contributed by atoms with van der Waals surface area (Å²) in [7, 11) is 0. The molecule has 0 aromatic heterocycles. The SMILES string of the molecule is CCCC(=O)Nc1ccc(C(C#N)C(N)=O)c(C(F)(F)F)c1. The van der Waals surface area contributed by atoms with Crippen LogP contribution in [0.1, 0.15) is 36.8 Å². The second-order valence-electron chi connectivity index (χ2n) is 4.56. The van der Waals surface area contributed by atoms with Crippen molar-refractivity contribution < 1.29 is 22.8 Å². The van der Waals surface area contributed by atoms with Crippen molar-refractivity contribution in [3.63, 3.8) is 0 Å². The smallest absolute Gasteiger partial charge is 0.368 e. The second kappa shape index (κ2) is 6.93. The predicted octanol–water partition coefficient (Wildman–Crippen LogP) is 2.54. The first-order valence-electron chi connectivity index (χ1n) is 6.40. The lowest BCUT2D eigenvalue weighted by atomic mass is 9.94. The Bertz CT molecular complexity index is 621. The maximum Gasteiger partial charge on any atom is 0.416 e. The van der Waals surface area contributed by atoms with Crippen LogP contribution in [0.2, 0.25) is 0 Å². The third-order valence-corrected chi connectivity index (χ3v) is 2.84. The van der Waals surface area contributed by atoms with E-state index in [1.54, 1.807) is 6.92 Å². The molecular weight excluding hydrogens is 299 g/mol. The molecule has 0 aliphatic heterocycles. The number of halogens is 3. The largest absolute Gasteiger partial charge is 0.416 e. The fraction of sp³-hybridized carbons (Fsp3) is 0.357. The number of hydrogen-bond donors (Lipinski definition) is 2. The average Bonchev–Trinajstić information content (AvgIpc) is 2.39. The highest BCUT2D eigenvalue weighted by atomic mass is 19.4. The quantitative estimate of drug-likeness (QED) is 0.874. The number of hydrogen-bond acceptors (Lipinski definition) is 3. The molecule has 8 heteroatoms. The Kier molecular flexibility index (Phi) is 5.51. The Balaban J connectivity index is 3.29. The zero-order chi connectivity index (χ0) is 16.9. The van der Waals surface area contributed by atoms with E-state index in [1.807, 2.05) is 0 Å². The van der Waals surface area contributed by atoms with E-state index < -0.39 is 35.0 Å². The van der Waals surface area contributed by atoms with Crippen molar-refractivity contribution in [3.8, 4) is 6.07 Å². The lowest BCUT2D eigenvalue weighted by Gasteiger charge is -2.16. The lowest BCUT2D eigenvalue weighted by Crippen LogP contribution is -2.23. The highest BCUT2D eigenvalue weighted by molar-refractivity contribution is 5.91. The summed E-state index contributed by atoms with van der Waals surface area (Å²) in [6, 6.07) is 4.31. The zero-order valence-electron chi connectivity index (χ0n) is 11.7. The number of nitrogens with zero attached hydrogens (tertiary/aromatic N) is 1. The number of nitrogens with two attached hydrogens (primary N) is 1. The summed E-state index contributed by atoms with van der Waals surface area (Å²) in [4.78, 5) is 22.6. The van der Waals surface area contributed by atoms with Crippen LogP contribution in [0.5, 0.6) is 0 Å². The molecule has 118 valence electrons. The van der Waals surface area contributed by atoms with Crippen molar-refractivity contribution in [1.29, 1.82) is 5.26 Å². The number of nitriles is 1. The Morgan fingerprint density at radius 1 is 1.41 bits per heavy atom. The van der Waals surface area contributed by atoms with E-state index in [0.29, 0.717) is 12.5 Å². The van der Waals surface area contributed by atoms with Crippen molar-refractivity contribution in [2.45, 2.75) is 31.9 Å². The minimum atomic E-state index is -4.79. The number of anilines is 1. The molecule has 0 heterocycles. The molecule has 5 nitrogen and oxygen atoms in total. The fourth-order valence-electron chi connectivity index (χ4n) is 1.87.